The maximum Gasteiger partial charge on any atom is 0.335 e. The summed E-state index contributed by atoms with van der Waals surface area (Å²) >= 11 is 0. The maximum atomic E-state index is 13.2. The van der Waals surface area contributed by atoms with Crippen LogP contribution >= 0.6 is 0 Å². The van der Waals surface area contributed by atoms with Gasteiger partial charge in [-0.3, -0.25) is 14.9 Å². The summed E-state index contributed by atoms with van der Waals surface area (Å²) in [6.07, 6.45) is 4.65. The lowest BCUT2D eigenvalue weighted by atomic mass is 9.86. The van der Waals surface area contributed by atoms with Gasteiger partial charge in [-0.25, -0.2) is 9.69 Å². The van der Waals surface area contributed by atoms with Crippen LogP contribution in [0.4, 0.5) is 16.2 Å². The van der Waals surface area contributed by atoms with Crippen LogP contribution in [0.25, 0.3) is 11.6 Å². The number of imide groups is 2. The van der Waals surface area contributed by atoms with E-state index in [4.69, 9.17) is 0 Å². The molecule has 4 amide bonds. The Morgan fingerprint density at radius 3 is 2.32 bits per heavy atom. The number of urea groups is 1. The molecule has 2 heterocycles. The summed E-state index contributed by atoms with van der Waals surface area (Å²) in [5.74, 6) is -1.32. The summed E-state index contributed by atoms with van der Waals surface area (Å²) in [4.78, 5) is 41.7. The van der Waals surface area contributed by atoms with E-state index in [0.717, 1.165) is 39.3 Å². The number of hydrogen-bond donors (Lipinski definition) is 1. The number of benzene rings is 2. The van der Waals surface area contributed by atoms with Gasteiger partial charge < -0.3 is 4.90 Å². The molecule has 34 heavy (non-hydrogen) atoms. The molecule has 2 aliphatic rings. The van der Waals surface area contributed by atoms with Gasteiger partial charge in [0, 0.05) is 17.3 Å². The Morgan fingerprint density at radius 1 is 1.03 bits per heavy atom. The van der Waals surface area contributed by atoms with Crippen LogP contribution in [0, 0.1) is 0 Å². The van der Waals surface area contributed by atoms with Crippen molar-refractivity contribution in [2.45, 2.75) is 59.5 Å². The predicted octanol–water partition coefficient (Wildman–Crippen LogP) is 5.33. The van der Waals surface area contributed by atoms with E-state index >= 15 is 0 Å². The molecule has 4 rings (SSSR count). The fourth-order valence-corrected chi connectivity index (χ4v) is 5.04. The number of fused-ring (bicyclic) bond motifs is 1. The first-order valence-corrected chi connectivity index (χ1v) is 11.7. The normalized spacial score (nSPS) is 18.9. The predicted molar refractivity (Wildman–Crippen MR) is 137 cm³/mol. The first-order chi connectivity index (χ1) is 16.0. The number of barbiturate groups is 1. The van der Waals surface area contributed by atoms with Crippen molar-refractivity contribution in [2.24, 2.45) is 0 Å². The van der Waals surface area contributed by atoms with Gasteiger partial charge in [-0.15, -0.1) is 0 Å². The van der Waals surface area contributed by atoms with Gasteiger partial charge in [0.25, 0.3) is 11.8 Å². The number of allylic oxidation sites excluding steroid dienone is 1. The van der Waals surface area contributed by atoms with Crippen molar-refractivity contribution in [1.29, 1.82) is 0 Å². The van der Waals surface area contributed by atoms with Gasteiger partial charge in [0.15, 0.2) is 0 Å². The fraction of sp³-hybridized carbons (Fsp3) is 0.321. The van der Waals surface area contributed by atoms with Gasteiger partial charge in [-0.2, -0.15) is 0 Å². The minimum atomic E-state index is -0.740. The van der Waals surface area contributed by atoms with E-state index in [-0.39, 0.29) is 11.1 Å². The largest absolute Gasteiger partial charge is 0.360 e. The SMILES string of the molecule is CCc1ccc(N2C(=O)NC(=O)/C(=C\c3ccc4c(c3)C(C)=CC(C)(C)N4C(C)C)C2=O)cc1. The number of hydrogen-bond acceptors (Lipinski definition) is 4. The topological polar surface area (TPSA) is 69.7 Å². The second-order valence-electron chi connectivity index (χ2n) is 9.70. The highest BCUT2D eigenvalue weighted by Crippen LogP contribution is 2.40. The van der Waals surface area contributed by atoms with Gasteiger partial charge in [-0.05, 0) is 88.1 Å². The van der Waals surface area contributed by atoms with Crippen LogP contribution in [0.2, 0.25) is 0 Å². The lowest BCUT2D eigenvalue weighted by Crippen LogP contribution is -2.54. The lowest BCUT2D eigenvalue weighted by molar-refractivity contribution is -0.122. The highest BCUT2D eigenvalue weighted by Gasteiger charge is 2.37. The van der Waals surface area contributed by atoms with Gasteiger partial charge in [0.2, 0.25) is 0 Å². The number of rotatable bonds is 4. The van der Waals surface area contributed by atoms with Crippen molar-refractivity contribution in [3.05, 3.63) is 70.8 Å². The van der Waals surface area contributed by atoms with Crippen LogP contribution in [0.3, 0.4) is 0 Å². The number of nitrogens with zero attached hydrogens (tertiary/aromatic N) is 2. The van der Waals surface area contributed by atoms with E-state index in [9.17, 15) is 14.4 Å². The lowest BCUT2D eigenvalue weighted by Gasteiger charge is -2.46. The van der Waals surface area contributed by atoms with E-state index < -0.39 is 17.8 Å². The van der Waals surface area contributed by atoms with E-state index in [2.05, 4.69) is 50.9 Å². The molecule has 0 saturated carbocycles. The third kappa shape index (κ3) is 4.04. The third-order valence-electron chi connectivity index (χ3n) is 6.43. The monoisotopic (exact) mass is 457 g/mol. The molecule has 0 bridgehead atoms. The summed E-state index contributed by atoms with van der Waals surface area (Å²) in [7, 11) is 0. The number of aryl methyl sites for hydroxylation is 1. The van der Waals surface area contributed by atoms with E-state index in [1.807, 2.05) is 37.3 Å². The summed E-state index contributed by atoms with van der Waals surface area (Å²) in [5, 5.41) is 2.30. The molecular formula is C28H31N3O3. The summed E-state index contributed by atoms with van der Waals surface area (Å²) in [6, 6.07) is 12.7. The van der Waals surface area contributed by atoms with Crippen molar-refractivity contribution in [2.75, 3.05) is 9.80 Å². The molecule has 1 fully saturated rings. The van der Waals surface area contributed by atoms with Crippen molar-refractivity contribution in [1.82, 2.24) is 5.32 Å². The first kappa shape index (κ1) is 23.5. The maximum absolute atomic E-state index is 13.2. The molecule has 1 N–H and O–H groups in total. The summed E-state index contributed by atoms with van der Waals surface area (Å²) in [6.45, 7) is 12.8. The Balaban J connectivity index is 1.73. The molecule has 2 aliphatic heterocycles. The fourth-order valence-electron chi connectivity index (χ4n) is 5.04. The average molecular weight is 458 g/mol. The Kier molecular flexibility index (Phi) is 5.94. The zero-order valence-electron chi connectivity index (χ0n) is 20.6. The minimum absolute atomic E-state index is 0.0717. The van der Waals surface area contributed by atoms with Crippen LogP contribution in [-0.4, -0.2) is 29.4 Å². The molecule has 0 atom stereocenters. The highest BCUT2D eigenvalue weighted by atomic mass is 16.2. The van der Waals surface area contributed by atoms with Crippen LogP contribution in [0.15, 0.2) is 54.1 Å². The second kappa shape index (κ2) is 8.60. The van der Waals surface area contributed by atoms with Gasteiger partial charge in [0.1, 0.15) is 5.57 Å². The van der Waals surface area contributed by atoms with Gasteiger partial charge in [0.05, 0.1) is 11.2 Å². The van der Waals surface area contributed by atoms with Crippen LogP contribution in [0.5, 0.6) is 0 Å². The van der Waals surface area contributed by atoms with Gasteiger partial charge >= 0.3 is 6.03 Å². The zero-order chi connectivity index (χ0) is 24.8. The standard InChI is InChI=1S/C28H31N3O3/c1-7-19-8-11-21(12-9-19)30-26(33)23(25(32)29-27(30)34)15-20-10-13-24-22(14-20)18(4)16-28(5,6)31(24)17(2)3/h8-17H,7H2,1-6H3,(H,29,32,34)/b23-15+. The van der Waals surface area contributed by atoms with Crippen LogP contribution in [-0.2, 0) is 16.0 Å². The third-order valence-corrected chi connectivity index (χ3v) is 6.43. The molecular weight excluding hydrogens is 426 g/mol. The average Bonchev–Trinajstić information content (AvgIpc) is 2.76. The Hall–Kier alpha value is -3.67. The second-order valence-corrected chi connectivity index (χ2v) is 9.70. The Bertz CT molecular complexity index is 1240. The van der Waals surface area contributed by atoms with E-state index in [1.165, 1.54) is 0 Å². The molecule has 0 radical (unpaired) electrons. The summed E-state index contributed by atoms with van der Waals surface area (Å²) in [5.41, 5.74) is 5.38. The molecule has 0 aliphatic carbocycles. The molecule has 176 valence electrons. The molecule has 6 nitrogen and oxygen atoms in total. The zero-order valence-corrected chi connectivity index (χ0v) is 20.6. The van der Waals surface area contributed by atoms with Crippen molar-refractivity contribution in [3.8, 4) is 0 Å². The Morgan fingerprint density at radius 2 is 1.71 bits per heavy atom. The van der Waals surface area contributed by atoms with E-state index in [0.29, 0.717) is 11.7 Å². The molecule has 0 aromatic heterocycles. The number of carbonyl (C=O) groups excluding carboxylic acids is 3. The molecule has 2 aromatic rings. The Labute approximate surface area is 200 Å². The first-order valence-electron chi connectivity index (χ1n) is 11.7. The highest BCUT2D eigenvalue weighted by molar-refractivity contribution is 6.39. The number of carbonyl (C=O) groups is 3. The quantitative estimate of drug-likeness (QED) is 0.498. The van der Waals surface area contributed by atoms with Crippen LogP contribution in [0.1, 0.15) is 58.2 Å². The smallest absolute Gasteiger partial charge is 0.335 e. The molecule has 2 aromatic carbocycles. The molecule has 1 saturated heterocycles. The van der Waals surface area contributed by atoms with E-state index in [1.54, 1.807) is 18.2 Å². The van der Waals surface area contributed by atoms with Crippen molar-refractivity contribution < 1.29 is 14.4 Å². The number of amides is 4. The molecule has 6 heteroatoms. The van der Waals surface area contributed by atoms with Crippen molar-refractivity contribution in [3.63, 3.8) is 0 Å². The minimum Gasteiger partial charge on any atom is -0.360 e. The van der Waals surface area contributed by atoms with Crippen molar-refractivity contribution >= 4 is 40.9 Å². The van der Waals surface area contributed by atoms with Crippen LogP contribution < -0.4 is 15.1 Å². The number of nitrogens with one attached hydrogen (secondary N) is 1. The summed E-state index contributed by atoms with van der Waals surface area (Å²) < 4.78 is 0. The number of anilines is 2. The molecule has 0 spiro atoms. The van der Waals surface area contributed by atoms with Gasteiger partial charge in [-0.1, -0.05) is 31.2 Å². The molecule has 0 unspecified atom stereocenters.